The van der Waals surface area contributed by atoms with E-state index in [9.17, 15) is 0 Å². The van der Waals surface area contributed by atoms with Crippen molar-refractivity contribution in [2.45, 2.75) is 52.9 Å². The van der Waals surface area contributed by atoms with E-state index in [0.717, 1.165) is 19.3 Å². The third kappa shape index (κ3) is 5.03. The van der Waals surface area contributed by atoms with Crippen LogP contribution < -0.4 is 0 Å². The second kappa shape index (κ2) is 11.9. The zero-order valence-electron chi connectivity index (χ0n) is 30.4. The summed E-state index contributed by atoms with van der Waals surface area (Å²) >= 11 is 1.90. The van der Waals surface area contributed by atoms with Gasteiger partial charge in [0.25, 0.3) is 0 Å². The average molecular weight is 690 g/mol. The first kappa shape index (κ1) is 31.5. The van der Waals surface area contributed by atoms with Crippen molar-refractivity contribution >= 4 is 58.9 Å². The van der Waals surface area contributed by atoms with E-state index < -0.39 is 0 Å². The molecule has 6 aromatic carbocycles. The van der Waals surface area contributed by atoms with Gasteiger partial charge in [0.1, 0.15) is 0 Å². The van der Waals surface area contributed by atoms with E-state index in [0.29, 0.717) is 11.8 Å². The summed E-state index contributed by atoms with van der Waals surface area (Å²) in [5.74, 6) is 1.04. The summed E-state index contributed by atoms with van der Waals surface area (Å²) in [5.41, 5.74) is 14.9. The Morgan fingerprint density at radius 1 is 0.654 bits per heavy atom. The molecule has 0 saturated heterocycles. The maximum Gasteiger partial charge on any atom is 0.0547 e. The molecule has 2 unspecified atom stereocenters. The number of allylic oxidation sites excluding steroid dienone is 4. The number of benzene rings is 6. The summed E-state index contributed by atoms with van der Waals surface area (Å²) in [6.07, 6.45) is 10.6. The van der Waals surface area contributed by atoms with Gasteiger partial charge in [-0.3, -0.25) is 0 Å². The van der Waals surface area contributed by atoms with Gasteiger partial charge in [0.15, 0.2) is 0 Å². The molecule has 0 N–H and O–H groups in total. The van der Waals surface area contributed by atoms with E-state index >= 15 is 0 Å². The van der Waals surface area contributed by atoms with Gasteiger partial charge in [0, 0.05) is 36.6 Å². The van der Waals surface area contributed by atoms with E-state index in [4.69, 9.17) is 0 Å². The fourth-order valence-corrected chi connectivity index (χ4v) is 10.2. The molecule has 2 heteroatoms. The maximum absolute atomic E-state index is 2.53. The Bertz CT molecular complexity index is 2760. The zero-order chi connectivity index (χ0) is 35.1. The van der Waals surface area contributed by atoms with Gasteiger partial charge < -0.3 is 4.57 Å². The highest BCUT2D eigenvalue weighted by Crippen LogP contribution is 2.45. The van der Waals surface area contributed by atoms with Crippen LogP contribution in [0.2, 0.25) is 0 Å². The summed E-state index contributed by atoms with van der Waals surface area (Å²) < 4.78 is 5.24. The van der Waals surface area contributed by atoms with Gasteiger partial charge in [0.05, 0.1) is 11.0 Å². The molecule has 10 rings (SSSR count). The van der Waals surface area contributed by atoms with Gasteiger partial charge in [0.2, 0.25) is 0 Å². The van der Waals surface area contributed by atoms with E-state index in [-0.39, 0.29) is 5.41 Å². The fraction of sp³-hybridized carbons (Fsp3) is 0.200. The van der Waals surface area contributed by atoms with Gasteiger partial charge in [-0.2, -0.15) is 0 Å². The number of nitrogens with zero attached hydrogens (tertiary/aromatic N) is 1. The lowest BCUT2D eigenvalue weighted by molar-refractivity contribution is 0.294. The van der Waals surface area contributed by atoms with Crippen molar-refractivity contribution in [3.63, 3.8) is 0 Å². The van der Waals surface area contributed by atoms with Crippen molar-refractivity contribution in [2.24, 2.45) is 11.3 Å². The van der Waals surface area contributed by atoms with Gasteiger partial charge in [-0.25, -0.2) is 0 Å². The highest BCUT2D eigenvalue weighted by molar-refractivity contribution is 7.26. The van der Waals surface area contributed by atoms with Crippen LogP contribution in [0.3, 0.4) is 0 Å². The molecule has 0 spiro atoms. The molecule has 2 atom stereocenters. The molecular weight excluding hydrogens is 647 g/mol. The molecule has 2 aliphatic carbocycles. The molecule has 0 radical (unpaired) electrons. The minimum Gasteiger partial charge on any atom is -0.309 e. The van der Waals surface area contributed by atoms with Crippen LogP contribution in [0.1, 0.15) is 63.1 Å². The first-order valence-corrected chi connectivity index (χ1v) is 19.7. The molecule has 0 fully saturated rings. The molecule has 8 aromatic rings. The van der Waals surface area contributed by atoms with Crippen molar-refractivity contribution in [1.82, 2.24) is 4.57 Å². The molecule has 0 amide bonds. The number of aromatic nitrogens is 1. The van der Waals surface area contributed by atoms with Crippen LogP contribution in [-0.4, -0.2) is 4.57 Å². The zero-order valence-corrected chi connectivity index (χ0v) is 31.2. The molecule has 2 heterocycles. The van der Waals surface area contributed by atoms with Crippen LogP contribution in [0.15, 0.2) is 140 Å². The number of aryl methyl sites for hydroxylation is 1. The quantitative estimate of drug-likeness (QED) is 0.174. The Morgan fingerprint density at radius 2 is 1.40 bits per heavy atom. The highest BCUT2D eigenvalue weighted by atomic mass is 32.1. The molecule has 2 aliphatic rings. The van der Waals surface area contributed by atoms with E-state index in [1.807, 2.05) is 11.3 Å². The van der Waals surface area contributed by atoms with Crippen molar-refractivity contribution in [3.05, 3.63) is 156 Å². The lowest BCUT2D eigenvalue weighted by Gasteiger charge is -2.29. The summed E-state index contributed by atoms with van der Waals surface area (Å²) in [6.45, 7) is 9.46. The Balaban J connectivity index is 1.17. The molecule has 2 aromatic heterocycles. The predicted molar refractivity (Wildman–Crippen MR) is 226 cm³/mol. The monoisotopic (exact) mass is 689 g/mol. The largest absolute Gasteiger partial charge is 0.309 e. The third-order valence-electron chi connectivity index (χ3n) is 12.0. The topological polar surface area (TPSA) is 4.93 Å². The van der Waals surface area contributed by atoms with Crippen LogP contribution in [-0.2, 0) is 6.42 Å². The fourth-order valence-electron chi connectivity index (χ4n) is 8.95. The summed E-state index contributed by atoms with van der Waals surface area (Å²) in [4.78, 5) is 0. The number of fused-ring (bicyclic) bond motifs is 9. The number of thiophene rings is 1. The number of hydrogen-bond acceptors (Lipinski definition) is 1. The van der Waals surface area contributed by atoms with Crippen LogP contribution in [0.4, 0.5) is 0 Å². The number of rotatable bonds is 3. The Hall–Kier alpha value is -5.18. The predicted octanol–water partition coefficient (Wildman–Crippen LogP) is 14.5. The molecular formula is C50H43NS. The highest BCUT2D eigenvalue weighted by Gasteiger charge is 2.25. The SMILES string of the molecule is CC1CCc2ccccc2-c2cc3c4ccc(C5=CCC(C(C)(C)C)C=C5)cc4n(-c4ccc(-c5cccc6c5sc5ccccc56)cc4)c3cc21. The molecule has 1 nitrogen and oxygen atoms in total. The molecule has 254 valence electrons. The Labute approximate surface area is 310 Å². The molecule has 0 saturated carbocycles. The van der Waals surface area contributed by atoms with Crippen LogP contribution in [0, 0.1) is 11.3 Å². The van der Waals surface area contributed by atoms with Crippen molar-refractivity contribution in [2.75, 3.05) is 0 Å². The summed E-state index contributed by atoms with van der Waals surface area (Å²) in [5, 5.41) is 5.32. The second-order valence-electron chi connectivity index (χ2n) is 16.2. The lowest BCUT2D eigenvalue weighted by Crippen LogP contribution is -2.19. The first-order valence-electron chi connectivity index (χ1n) is 18.9. The first-order chi connectivity index (χ1) is 25.3. The van der Waals surface area contributed by atoms with Crippen molar-refractivity contribution in [1.29, 1.82) is 0 Å². The Morgan fingerprint density at radius 3 is 2.23 bits per heavy atom. The van der Waals surface area contributed by atoms with E-state index in [1.54, 1.807) is 0 Å². The van der Waals surface area contributed by atoms with Crippen LogP contribution in [0.25, 0.3) is 75.5 Å². The standard InChI is InChI=1S/C50H43NS/c1-31-16-17-33-10-5-6-11-38(33)44-29-45-40-27-22-35(32-18-23-36(24-19-32)50(2,3)4)28-46(40)51(47(45)30-43(31)44)37-25-20-34(21-26-37)39-13-9-14-42-41-12-7-8-15-48(41)52-49(39)42/h5-15,18-23,25-31,36H,16-17,24H2,1-4H3. The van der Waals surface area contributed by atoms with Gasteiger partial charge >= 0.3 is 0 Å². The molecule has 52 heavy (non-hydrogen) atoms. The Kier molecular flexibility index (Phi) is 7.24. The summed E-state index contributed by atoms with van der Waals surface area (Å²) in [7, 11) is 0. The summed E-state index contributed by atoms with van der Waals surface area (Å²) in [6, 6.07) is 46.1. The van der Waals surface area contributed by atoms with Gasteiger partial charge in [-0.15, -0.1) is 11.3 Å². The smallest absolute Gasteiger partial charge is 0.0547 e. The molecule has 0 bridgehead atoms. The van der Waals surface area contributed by atoms with E-state index in [2.05, 4.69) is 172 Å². The minimum absolute atomic E-state index is 0.261. The third-order valence-corrected chi connectivity index (χ3v) is 13.2. The van der Waals surface area contributed by atoms with Crippen molar-refractivity contribution in [3.8, 4) is 27.9 Å². The second-order valence-corrected chi connectivity index (χ2v) is 17.2. The van der Waals surface area contributed by atoms with Crippen LogP contribution in [0.5, 0.6) is 0 Å². The minimum atomic E-state index is 0.261. The van der Waals surface area contributed by atoms with Gasteiger partial charge in [-0.05, 0) is 117 Å². The number of hydrogen-bond donors (Lipinski definition) is 0. The maximum atomic E-state index is 2.53. The van der Waals surface area contributed by atoms with Gasteiger partial charge in [-0.1, -0.05) is 131 Å². The van der Waals surface area contributed by atoms with Crippen molar-refractivity contribution < 1.29 is 0 Å². The normalized spacial score (nSPS) is 17.4. The lowest BCUT2D eigenvalue weighted by atomic mass is 9.76. The van der Waals surface area contributed by atoms with Crippen LogP contribution >= 0.6 is 11.3 Å². The van der Waals surface area contributed by atoms with E-state index in [1.165, 1.54) is 92.2 Å². The molecule has 0 aliphatic heterocycles. The average Bonchev–Trinajstić information content (AvgIpc) is 3.67.